The molecule has 0 radical (unpaired) electrons. The van der Waals surface area contributed by atoms with Gasteiger partial charge in [-0.3, -0.25) is 14.4 Å². The summed E-state index contributed by atoms with van der Waals surface area (Å²) in [6, 6.07) is 5.36. The Morgan fingerprint density at radius 1 is 1.18 bits per heavy atom. The second-order valence-electron chi connectivity index (χ2n) is 10.9. The molecule has 0 aliphatic carbocycles. The number of hydrogen-bond acceptors (Lipinski definition) is 5. The summed E-state index contributed by atoms with van der Waals surface area (Å²) >= 11 is 12.2. The molecule has 10 heteroatoms. The van der Waals surface area contributed by atoms with Crippen LogP contribution in [-0.2, 0) is 14.4 Å². The van der Waals surface area contributed by atoms with E-state index in [0.717, 1.165) is 44.9 Å². The quantitative estimate of drug-likeness (QED) is 0.483. The van der Waals surface area contributed by atoms with Crippen LogP contribution in [0.2, 0.25) is 10.0 Å². The van der Waals surface area contributed by atoms with Crippen LogP contribution in [-0.4, -0.2) is 53.4 Å². The van der Waals surface area contributed by atoms with Gasteiger partial charge in [0, 0.05) is 23.0 Å². The third-order valence-electron chi connectivity index (χ3n) is 7.20. The normalized spacial score (nSPS) is 22.9. The van der Waals surface area contributed by atoms with Crippen LogP contribution in [0.25, 0.3) is 0 Å². The van der Waals surface area contributed by atoms with Gasteiger partial charge in [-0.2, -0.15) is 5.26 Å². The number of nitrogens with zero attached hydrogens (tertiary/aromatic N) is 2. The molecule has 38 heavy (non-hydrogen) atoms. The molecule has 3 amide bonds. The van der Waals surface area contributed by atoms with Crippen LogP contribution in [0.15, 0.2) is 18.2 Å². The van der Waals surface area contributed by atoms with Gasteiger partial charge in [0.25, 0.3) is 5.91 Å². The molecule has 0 aromatic heterocycles. The fourth-order valence-electron chi connectivity index (χ4n) is 5.28. The minimum absolute atomic E-state index is 0.103. The molecule has 0 bridgehead atoms. The third kappa shape index (κ3) is 8.78. The molecule has 8 nitrogen and oxygen atoms in total. The van der Waals surface area contributed by atoms with E-state index >= 15 is 0 Å². The van der Waals surface area contributed by atoms with Crippen LogP contribution in [0, 0.1) is 17.2 Å². The third-order valence-corrected chi connectivity index (χ3v) is 7.73. The van der Waals surface area contributed by atoms with Crippen molar-refractivity contribution in [3.8, 4) is 11.8 Å². The first-order chi connectivity index (χ1) is 18.1. The highest BCUT2D eigenvalue weighted by Crippen LogP contribution is 2.29. The molecular weight excluding hydrogens is 527 g/mol. The maximum absolute atomic E-state index is 13.5. The summed E-state index contributed by atoms with van der Waals surface area (Å²) in [5.41, 5.74) is -0.337. The molecule has 1 aromatic carbocycles. The number of ether oxygens (including phenoxy) is 1. The van der Waals surface area contributed by atoms with Crippen molar-refractivity contribution in [3.63, 3.8) is 0 Å². The molecule has 2 aliphatic rings. The van der Waals surface area contributed by atoms with Crippen molar-refractivity contribution in [2.75, 3.05) is 13.2 Å². The topological polar surface area (TPSA) is 112 Å². The summed E-state index contributed by atoms with van der Waals surface area (Å²) in [5, 5.41) is 16.3. The Balaban J connectivity index is 1.72. The summed E-state index contributed by atoms with van der Waals surface area (Å²) in [7, 11) is 0. The average Bonchev–Trinajstić information content (AvgIpc) is 3.09. The van der Waals surface area contributed by atoms with Crippen molar-refractivity contribution in [1.29, 1.82) is 5.26 Å². The van der Waals surface area contributed by atoms with E-state index in [1.807, 2.05) is 13.8 Å². The fraction of sp³-hybridized carbons (Fsp3) is 0.643. The lowest BCUT2D eigenvalue weighted by molar-refractivity contribution is -0.142. The minimum Gasteiger partial charge on any atom is -0.482 e. The first kappa shape index (κ1) is 30.0. The number of carbonyl (C=O) groups is 3. The molecule has 1 aromatic rings. The maximum Gasteiger partial charge on any atom is 0.261 e. The lowest BCUT2D eigenvalue weighted by Gasteiger charge is -2.32. The second-order valence-corrected chi connectivity index (χ2v) is 11.8. The summed E-state index contributed by atoms with van der Waals surface area (Å²) in [6.07, 6.45) is 8.15. The largest absolute Gasteiger partial charge is 0.482 e. The number of nitrogens with one attached hydrogen (secondary N) is 2. The van der Waals surface area contributed by atoms with Gasteiger partial charge >= 0.3 is 0 Å². The van der Waals surface area contributed by atoms with Crippen molar-refractivity contribution in [1.82, 2.24) is 15.5 Å². The predicted molar refractivity (Wildman–Crippen MR) is 147 cm³/mol. The van der Waals surface area contributed by atoms with E-state index in [1.165, 1.54) is 0 Å². The zero-order chi connectivity index (χ0) is 27.7. The number of benzene rings is 1. The molecule has 2 fully saturated rings. The van der Waals surface area contributed by atoms with Gasteiger partial charge in [0.1, 0.15) is 17.8 Å². The van der Waals surface area contributed by atoms with Gasteiger partial charge in [0.05, 0.1) is 11.1 Å². The number of halogens is 2. The molecule has 0 unspecified atom stereocenters. The Morgan fingerprint density at radius 3 is 2.50 bits per heavy atom. The van der Waals surface area contributed by atoms with Gasteiger partial charge in [-0.05, 0) is 57.7 Å². The Bertz CT molecular complexity index is 1040. The second kappa shape index (κ2) is 14.0. The molecule has 2 saturated heterocycles. The standard InChI is InChI=1S/C28H38Cl2N4O4/c1-28(2)16-19(26(36)33-28)14-21(17-31)32-27(37)23-10-8-6-4-3-5-7-9-13-34(23)25(35)18-38-24-12-11-20(29)15-22(24)30/h11-12,15,19,21,23H,3-10,13-14,16,18H2,1-2H3,(H,32,37)(H,33,36)/t19-,21+,23+/m1/s1. The highest BCUT2D eigenvalue weighted by molar-refractivity contribution is 6.35. The molecule has 0 saturated carbocycles. The molecule has 3 atom stereocenters. The Morgan fingerprint density at radius 2 is 1.87 bits per heavy atom. The van der Waals surface area contributed by atoms with E-state index in [-0.39, 0.29) is 42.2 Å². The maximum atomic E-state index is 13.5. The molecule has 2 aliphatic heterocycles. The van der Waals surface area contributed by atoms with Gasteiger partial charge in [-0.25, -0.2) is 0 Å². The van der Waals surface area contributed by atoms with Crippen molar-refractivity contribution in [3.05, 3.63) is 28.2 Å². The zero-order valence-corrected chi connectivity index (χ0v) is 23.7. The SMILES string of the molecule is CC1(C)C[C@@H](C[C@@H](C#N)NC(=O)[C@@H]2CCCCCCCCCN2C(=O)COc2ccc(Cl)cc2Cl)C(=O)N1. The van der Waals surface area contributed by atoms with Crippen LogP contribution < -0.4 is 15.4 Å². The molecule has 208 valence electrons. The van der Waals surface area contributed by atoms with Crippen molar-refractivity contribution in [2.45, 2.75) is 95.7 Å². The Kier molecular flexibility index (Phi) is 11.1. The number of nitriles is 1. The summed E-state index contributed by atoms with van der Waals surface area (Å²) in [4.78, 5) is 40.9. The predicted octanol–water partition coefficient (Wildman–Crippen LogP) is 5.02. The highest BCUT2D eigenvalue weighted by Gasteiger charge is 2.39. The first-order valence-electron chi connectivity index (χ1n) is 13.5. The van der Waals surface area contributed by atoms with Gasteiger partial charge in [0.15, 0.2) is 6.61 Å². The lowest BCUT2D eigenvalue weighted by atomic mass is 9.92. The van der Waals surface area contributed by atoms with E-state index in [9.17, 15) is 19.6 Å². The van der Waals surface area contributed by atoms with Crippen LogP contribution >= 0.6 is 23.2 Å². The molecule has 0 spiro atoms. The van der Waals surface area contributed by atoms with Gasteiger partial charge in [-0.1, -0.05) is 61.7 Å². The zero-order valence-electron chi connectivity index (χ0n) is 22.2. The van der Waals surface area contributed by atoms with Crippen LogP contribution in [0.4, 0.5) is 0 Å². The van der Waals surface area contributed by atoms with E-state index in [2.05, 4.69) is 16.7 Å². The first-order valence-corrected chi connectivity index (χ1v) is 14.2. The van der Waals surface area contributed by atoms with Crippen LogP contribution in [0.5, 0.6) is 5.75 Å². The molecular formula is C28H38Cl2N4O4. The van der Waals surface area contributed by atoms with Crippen LogP contribution in [0.3, 0.4) is 0 Å². The Hall–Kier alpha value is -2.50. The van der Waals surface area contributed by atoms with Gasteiger partial charge in [-0.15, -0.1) is 0 Å². The number of carbonyl (C=O) groups excluding carboxylic acids is 3. The smallest absolute Gasteiger partial charge is 0.261 e. The number of amides is 3. The number of rotatable bonds is 7. The summed E-state index contributed by atoms with van der Waals surface area (Å²) < 4.78 is 5.70. The van der Waals surface area contributed by atoms with E-state index in [4.69, 9.17) is 27.9 Å². The average molecular weight is 566 g/mol. The van der Waals surface area contributed by atoms with E-state index in [0.29, 0.717) is 35.2 Å². The highest BCUT2D eigenvalue weighted by atomic mass is 35.5. The summed E-state index contributed by atoms with van der Waals surface area (Å²) in [6.45, 7) is 4.03. The lowest BCUT2D eigenvalue weighted by Crippen LogP contribution is -2.53. The minimum atomic E-state index is -0.827. The van der Waals surface area contributed by atoms with Crippen molar-refractivity contribution >= 4 is 40.9 Å². The van der Waals surface area contributed by atoms with E-state index in [1.54, 1.807) is 23.1 Å². The number of hydrogen-bond donors (Lipinski definition) is 2. The summed E-state index contributed by atoms with van der Waals surface area (Å²) in [5.74, 6) is -0.801. The fourth-order valence-corrected chi connectivity index (χ4v) is 5.75. The monoisotopic (exact) mass is 564 g/mol. The Labute approximate surface area is 235 Å². The molecule has 2 N–H and O–H groups in total. The van der Waals surface area contributed by atoms with Crippen molar-refractivity contribution in [2.24, 2.45) is 5.92 Å². The van der Waals surface area contributed by atoms with Gasteiger partial charge in [0.2, 0.25) is 11.8 Å². The molecule has 3 rings (SSSR count). The van der Waals surface area contributed by atoms with Crippen LogP contribution in [0.1, 0.15) is 78.1 Å². The van der Waals surface area contributed by atoms with Gasteiger partial charge < -0.3 is 20.3 Å². The van der Waals surface area contributed by atoms with Crippen molar-refractivity contribution < 1.29 is 19.1 Å². The molecule has 2 heterocycles. The van der Waals surface area contributed by atoms with E-state index < -0.39 is 12.1 Å².